The lowest BCUT2D eigenvalue weighted by molar-refractivity contribution is 0.0654. The van der Waals surface area contributed by atoms with Crippen molar-refractivity contribution in [2.45, 2.75) is 58.0 Å². The minimum atomic E-state index is -3.89. The Bertz CT molecular complexity index is 1230. The third-order valence-electron chi connectivity index (χ3n) is 6.56. The molecule has 3 aromatic rings. The summed E-state index contributed by atoms with van der Waals surface area (Å²) in [6, 6.07) is 7.82. The Morgan fingerprint density at radius 1 is 1.12 bits per heavy atom. The molecule has 1 aliphatic carbocycles. The molecular formula is C24H31N5O3S. The monoisotopic (exact) mass is 469 g/mol. The number of hydrogen-bond donors (Lipinski definition) is 1. The first-order valence-electron chi connectivity index (χ1n) is 11.3. The molecule has 2 heterocycles. The normalized spacial score (nSPS) is 21.1. The highest BCUT2D eigenvalue weighted by molar-refractivity contribution is 7.92. The zero-order valence-electron chi connectivity index (χ0n) is 19.7. The second kappa shape index (κ2) is 9.13. The van der Waals surface area contributed by atoms with Crippen molar-refractivity contribution in [3.05, 3.63) is 47.8 Å². The molecule has 9 heteroatoms. The quantitative estimate of drug-likeness (QED) is 0.571. The maximum absolute atomic E-state index is 12.9. The molecule has 0 bridgehead atoms. The van der Waals surface area contributed by atoms with Crippen molar-refractivity contribution in [3.63, 3.8) is 0 Å². The van der Waals surface area contributed by atoms with Gasteiger partial charge in [-0.15, -0.1) is 0 Å². The van der Waals surface area contributed by atoms with E-state index >= 15 is 0 Å². The molecule has 1 fully saturated rings. The standard InChI is InChI=1S/C24H31N5O3S/c1-15-8-7-11-21(18(15)4)32-22-12-20(23-16(2)9-6-10-17(23)3)26-24(27-22)28-33(30,31)19-13-25-29(5)14-19/h6,9-10,12-15,18,21H,7-8,11H2,1-5H3,(H,26,27,28). The van der Waals surface area contributed by atoms with Gasteiger partial charge in [0.1, 0.15) is 11.0 Å². The van der Waals surface area contributed by atoms with Gasteiger partial charge in [-0.25, -0.2) is 18.1 Å². The molecule has 1 aromatic carbocycles. The summed E-state index contributed by atoms with van der Waals surface area (Å²) >= 11 is 0. The van der Waals surface area contributed by atoms with Crippen molar-refractivity contribution in [1.29, 1.82) is 0 Å². The predicted molar refractivity (Wildman–Crippen MR) is 128 cm³/mol. The Hall–Kier alpha value is -2.94. The summed E-state index contributed by atoms with van der Waals surface area (Å²) in [6.45, 7) is 8.47. The number of aryl methyl sites for hydroxylation is 3. The molecule has 1 aliphatic rings. The Labute approximate surface area is 195 Å². The van der Waals surface area contributed by atoms with E-state index in [-0.39, 0.29) is 16.9 Å². The zero-order valence-corrected chi connectivity index (χ0v) is 20.6. The summed E-state index contributed by atoms with van der Waals surface area (Å²) in [4.78, 5) is 9.04. The summed E-state index contributed by atoms with van der Waals surface area (Å²) in [6.07, 6.45) is 5.99. The van der Waals surface area contributed by atoms with E-state index in [1.54, 1.807) is 7.05 Å². The number of benzene rings is 1. The van der Waals surface area contributed by atoms with Crippen molar-refractivity contribution >= 4 is 16.0 Å². The van der Waals surface area contributed by atoms with Crippen LogP contribution in [0, 0.1) is 25.7 Å². The molecule has 3 atom stereocenters. The highest BCUT2D eigenvalue weighted by Gasteiger charge is 2.29. The Morgan fingerprint density at radius 2 is 1.85 bits per heavy atom. The lowest BCUT2D eigenvalue weighted by Gasteiger charge is -2.33. The van der Waals surface area contributed by atoms with Crippen molar-refractivity contribution in [2.75, 3.05) is 4.72 Å². The Kier molecular flexibility index (Phi) is 6.43. The number of nitrogens with zero attached hydrogens (tertiary/aromatic N) is 4. The summed E-state index contributed by atoms with van der Waals surface area (Å²) in [5, 5.41) is 3.96. The molecule has 4 rings (SSSR count). The minimum Gasteiger partial charge on any atom is -0.474 e. The maximum atomic E-state index is 12.9. The molecule has 0 aliphatic heterocycles. The lowest BCUT2D eigenvalue weighted by Crippen LogP contribution is -2.33. The van der Waals surface area contributed by atoms with Gasteiger partial charge < -0.3 is 4.74 Å². The first kappa shape index (κ1) is 23.2. The molecule has 0 amide bonds. The van der Waals surface area contributed by atoms with Gasteiger partial charge in [-0.05, 0) is 49.7 Å². The molecule has 0 saturated heterocycles. The topological polar surface area (TPSA) is 99.0 Å². The van der Waals surface area contributed by atoms with E-state index in [2.05, 4.69) is 33.6 Å². The molecule has 2 aromatic heterocycles. The van der Waals surface area contributed by atoms with Gasteiger partial charge in [0.2, 0.25) is 11.8 Å². The molecule has 33 heavy (non-hydrogen) atoms. The van der Waals surface area contributed by atoms with Crippen LogP contribution in [0.25, 0.3) is 11.3 Å². The highest BCUT2D eigenvalue weighted by Crippen LogP contribution is 2.34. The third-order valence-corrected chi connectivity index (χ3v) is 7.84. The van der Waals surface area contributed by atoms with Gasteiger partial charge in [-0.3, -0.25) is 4.68 Å². The zero-order chi connectivity index (χ0) is 23.8. The van der Waals surface area contributed by atoms with Crippen LogP contribution in [0.1, 0.15) is 44.2 Å². The van der Waals surface area contributed by atoms with Crippen LogP contribution < -0.4 is 9.46 Å². The Morgan fingerprint density at radius 3 is 2.52 bits per heavy atom. The van der Waals surface area contributed by atoms with E-state index in [0.717, 1.165) is 29.5 Å². The van der Waals surface area contributed by atoms with Crippen LogP contribution in [0.5, 0.6) is 5.88 Å². The van der Waals surface area contributed by atoms with E-state index in [0.29, 0.717) is 23.4 Å². The minimum absolute atomic E-state index is 0.0227. The van der Waals surface area contributed by atoms with Crippen molar-refractivity contribution in [1.82, 2.24) is 19.7 Å². The molecule has 0 radical (unpaired) electrons. The molecule has 1 saturated carbocycles. The van der Waals surface area contributed by atoms with Gasteiger partial charge in [0.15, 0.2) is 0 Å². The van der Waals surface area contributed by atoms with Crippen LogP contribution in [-0.2, 0) is 17.1 Å². The first-order valence-corrected chi connectivity index (χ1v) is 12.8. The number of sulfonamides is 1. The molecule has 3 unspecified atom stereocenters. The smallest absolute Gasteiger partial charge is 0.267 e. The SMILES string of the molecule is Cc1cccc(C)c1-c1cc(OC2CCCC(C)C2C)nc(NS(=O)(=O)c2cnn(C)c2)n1. The number of aromatic nitrogens is 4. The average molecular weight is 470 g/mol. The van der Waals surface area contributed by atoms with Crippen molar-refractivity contribution < 1.29 is 13.2 Å². The largest absolute Gasteiger partial charge is 0.474 e. The molecular weight excluding hydrogens is 438 g/mol. The fraction of sp³-hybridized carbons (Fsp3) is 0.458. The number of rotatable bonds is 6. The number of nitrogens with one attached hydrogen (secondary N) is 1. The van der Waals surface area contributed by atoms with E-state index < -0.39 is 10.0 Å². The van der Waals surface area contributed by atoms with E-state index in [1.165, 1.54) is 23.5 Å². The first-order chi connectivity index (χ1) is 15.6. The summed E-state index contributed by atoms with van der Waals surface area (Å²) in [5.74, 6) is 1.29. The average Bonchev–Trinajstić information content (AvgIpc) is 3.18. The number of hydrogen-bond acceptors (Lipinski definition) is 6. The lowest BCUT2D eigenvalue weighted by atomic mass is 9.79. The number of anilines is 1. The van der Waals surface area contributed by atoms with Gasteiger partial charge in [0, 0.05) is 24.9 Å². The van der Waals surface area contributed by atoms with Gasteiger partial charge in [0.05, 0.1) is 11.9 Å². The fourth-order valence-electron chi connectivity index (χ4n) is 4.45. The number of ether oxygens (including phenoxy) is 1. The molecule has 1 N–H and O–H groups in total. The van der Waals surface area contributed by atoms with Crippen LogP contribution in [0.4, 0.5) is 5.95 Å². The van der Waals surface area contributed by atoms with Gasteiger partial charge in [-0.2, -0.15) is 10.1 Å². The highest BCUT2D eigenvalue weighted by atomic mass is 32.2. The fourth-order valence-corrected chi connectivity index (χ4v) is 5.38. The Balaban J connectivity index is 1.75. The summed E-state index contributed by atoms with van der Waals surface area (Å²) in [7, 11) is -2.23. The third kappa shape index (κ3) is 5.03. The second-order valence-electron chi connectivity index (χ2n) is 9.06. The molecule has 176 valence electrons. The van der Waals surface area contributed by atoms with Crippen LogP contribution in [-0.4, -0.2) is 34.3 Å². The van der Waals surface area contributed by atoms with E-state index in [9.17, 15) is 8.42 Å². The van der Waals surface area contributed by atoms with Gasteiger partial charge in [-0.1, -0.05) is 38.5 Å². The summed E-state index contributed by atoms with van der Waals surface area (Å²) < 4.78 is 36.1. The van der Waals surface area contributed by atoms with Crippen LogP contribution in [0.3, 0.4) is 0 Å². The molecule has 0 spiro atoms. The predicted octanol–water partition coefficient (Wildman–Crippen LogP) is 4.50. The van der Waals surface area contributed by atoms with E-state index in [4.69, 9.17) is 4.74 Å². The van der Waals surface area contributed by atoms with Gasteiger partial charge in [0.25, 0.3) is 10.0 Å². The van der Waals surface area contributed by atoms with Gasteiger partial charge >= 0.3 is 0 Å². The van der Waals surface area contributed by atoms with Crippen LogP contribution >= 0.6 is 0 Å². The van der Waals surface area contributed by atoms with E-state index in [1.807, 2.05) is 38.1 Å². The van der Waals surface area contributed by atoms with Crippen LogP contribution in [0.15, 0.2) is 41.6 Å². The van der Waals surface area contributed by atoms with Crippen LogP contribution in [0.2, 0.25) is 0 Å². The summed E-state index contributed by atoms with van der Waals surface area (Å²) in [5.41, 5.74) is 3.65. The van der Waals surface area contributed by atoms with Crippen molar-refractivity contribution in [3.8, 4) is 17.1 Å². The molecule has 8 nitrogen and oxygen atoms in total. The second-order valence-corrected chi connectivity index (χ2v) is 10.7. The van der Waals surface area contributed by atoms with Crippen molar-refractivity contribution in [2.24, 2.45) is 18.9 Å². The maximum Gasteiger partial charge on any atom is 0.267 e.